The lowest BCUT2D eigenvalue weighted by Gasteiger charge is -2.50. The Morgan fingerprint density at radius 1 is 0.952 bits per heavy atom. The molecular weight excluding hydrogens is 546 g/mol. The van der Waals surface area contributed by atoms with Gasteiger partial charge in [-0.15, -0.1) is 0 Å². The van der Waals surface area contributed by atoms with Crippen molar-refractivity contribution in [3.63, 3.8) is 0 Å². The molecular formula is C35H51NO5S. The lowest BCUT2D eigenvalue weighted by molar-refractivity contribution is -0.0647. The number of hydrogen-bond acceptors (Lipinski definition) is 4. The third kappa shape index (κ3) is 7.40. The van der Waals surface area contributed by atoms with Crippen molar-refractivity contribution in [3.05, 3.63) is 65.2 Å². The molecule has 0 unspecified atom stereocenters. The van der Waals surface area contributed by atoms with E-state index in [0.717, 1.165) is 75.6 Å². The third-order valence-electron chi connectivity index (χ3n) is 10.6. The molecule has 0 amide bonds. The zero-order valence-corrected chi connectivity index (χ0v) is 26.5. The predicted molar refractivity (Wildman–Crippen MR) is 168 cm³/mol. The first-order chi connectivity index (χ1) is 20.3. The molecule has 0 aromatic heterocycles. The SMILES string of the molecule is CCCCCN(CCCCCO[C@H]1CC[C@H]2[C@@H]3CCc4cc(OCc5ccccc5)ccc4[C@H]3CC[C@]12C)S(=O)(=O)O. The summed E-state index contributed by atoms with van der Waals surface area (Å²) >= 11 is 0. The Balaban J connectivity index is 1.09. The Hall–Kier alpha value is -1.93. The largest absolute Gasteiger partial charge is 0.489 e. The quantitative estimate of drug-likeness (QED) is 0.166. The molecule has 3 aliphatic carbocycles. The lowest BCUT2D eigenvalue weighted by atomic mass is 9.55. The van der Waals surface area contributed by atoms with Crippen LogP contribution in [0.4, 0.5) is 0 Å². The van der Waals surface area contributed by atoms with E-state index in [0.29, 0.717) is 31.7 Å². The molecule has 6 nitrogen and oxygen atoms in total. The van der Waals surface area contributed by atoms with Crippen LogP contribution in [0.1, 0.15) is 107 Å². The van der Waals surface area contributed by atoms with Gasteiger partial charge in [-0.25, -0.2) is 0 Å². The van der Waals surface area contributed by atoms with Crippen molar-refractivity contribution < 1.29 is 22.4 Å². The smallest absolute Gasteiger partial charge is 0.335 e. The summed E-state index contributed by atoms with van der Waals surface area (Å²) in [6.45, 7) is 6.70. The molecule has 0 radical (unpaired) electrons. The minimum absolute atomic E-state index is 0.248. The van der Waals surface area contributed by atoms with Gasteiger partial charge in [0, 0.05) is 19.7 Å². The van der Waals surface area contributed by atoms with Gasteiger partial charge in [0.05, 0.1) is 6.10 Å². The predicted octanol–water partition coefficient (Wildman–Crippen LogP) is 7.97. The summed E-state index contributed by atoms with van der Waals surface area (Å²) in [5.41, 5.74) is 4.48. The topological polar surface area (TPSA) is 76.1 Å². The Morgan fingerprint density at radius 2 is 1.74 bits per heavy atom. The fourth-order valence-electron chi connectivity index (χ4n) is 8.29. The molecule has 0 aliphatic heterocycles. The van der Waals surface area contributed by atoms with Crippen molar-refractivity contribution in [3.8, 4) is 5.75 Å². The van der Waals surface area contributed by atoms with Gasteiger partial charge in [-0.05, 0) is 116 Å². The lowest BCUT2D eigenvalue weighted by Crippen LogP contribution is -2.44. The molecule has 2 fully saturated rings. The zero-order valence-electron chi connectivity index (χ0n) is 25.7. The molecule has 0 bridgehead atoms. The van der Waals surface area contributed by atoms with Gasteiger partial charge < -0.3 is 9.47 Å². The Kier molecular flexibility index (Phi) is 10.7. The molecule has 5 rings (SSSR count). The normalized spacial score (nSPS) is 27.0. The summed E-state index contributed by atoms with van der Waals surface area (Å²) in [5, 5.41) is 0. The molecule has 2 saturated carbocycles. The second kappa shape index (κ2) is 14.2. The Labute approximate surface area is 254 Å². The highest BCUT2D eigenvalue weighted by atomic mass is 32.2. The Bertz CT molecular complexity index is 1250. The van der Waals surface area contributed by atoms with Crippen molar-refractivity contribution >= 4 is 10.3 Å². The zero-order chi connectivity index (χ0) is 29.6. The van der Waals surface area contributed by atoms with E-state index in [4.69, 9.17) is 9.47 Å². The molecule has 0 spiro atoms. The maximum absolute atomic E-state index is 11.7. The highest BCUT2D eigenvalue weighted by Crippen LogP contribution is 2.61. The molecule has 232 valence electrons. The fraction of sp³-hybridized carbons (Fsp3) is 0.657. The van der Waals surface area contributed by atoms with Crippen LogP contribution in [0, 0.1) is 17.3 Å². The van der Waals surface area contributed by atoms with E-state index in [1.54, 1.807) is 5.56 Å². The number of unbranched alkanes of at least 4 members (excludes halogenated alkanes) is 4. The summed E-state index contributed by atoms with van der Waals surface area (Å²) in [6, 6.07) is 17.2. The number of ether oxygens (including phenoxy) is 2. The molecule has 1 N–H and O–H groups in total. The van der Waals surface area contributed by atoms with Gasteiger partial charge in [-0.2, -0.15) is 12.7 Å². The van der Waals surface area contributed by atoms with Gasteiger partial charge >= 0.3 is 10.3 Å². The van der Waals surface area contributed by atoms with E-state index < -0.39 is 10.3 Å². The van der Waals surface area contributed by atoms with Crippen LogP contribution in [0.15, 0.2) is 48.5 Å². The average molecular weight is 598 g/mol. The standard InChI is InChI=1S/C35H51NO5S/c1-3-4-9-22-36(42(37,38)39)23-10-6-11-24-40-34-19-18-33-32-16-14-28-25-29(41-26-27-12-7-5-8-13-27)15-17-30(28)31(32)20-21-35(33,34)2/h5,7-8,12-13,15,17,25,31-34H,3-4,6,9-11,14,16,18-24,26H2,1-2H3,(H,37,38,39)/t31-,32-,33+,34+,35+/m1/s1. The fourth-order valence-corrected chi connectivity index (χ4v) is 9.01. The van der Waals surface area contributed by atoms with Crippen molar-refractivity contribution in [2.75, 3.05) is 19.7 Å². The van der Waals surface area contributed by atoms with E-state index in [2.05, 4.69) is 56.3 Å². The highest BCUT2D eigenvalue weighted by Gasteiger charge is 2.55. The third-order valence-corrected chi connectivity index (χ3v) is 11.6. The van der Waals surface area contributed by atoms with Crippen LogP contribution in [0.3, 0.4) is 0 Å². The summed E-state index contributed by atoms with van der Waals surface area (Å²) in [7, 11) is -4.12. The first-order valence-corrected chi connectivity index (χ1v) is 17.8. The van der Waals surface area contributed by atoms with Gasteiger partial charge in [0.15, 0.2) is 0 Å². The minimum Gasteiger partial charge on any atom is -0.489 e. The van der Waals surface area contributed by atoms with Crippen LogP contribution in [0.25, 0.3) is 0 Å². The monoisotopic (exact) mass is 597 g/mol. The number of fused-ring (bicyclic) bond motifs is 5. The Morgan fingerprint density at radius 3 is 2.50 bits per heavy atom. The minimum atomic E-state index is -4.12. The number of rotatable bonds is 15. The average Bonchev–Trinajstić information content (AvgIpc) is 3.32. The van der Waals surface area contributed by atoms with Crippen LogP contribution in [-0.2, 0) is 28.1 Å². The van der Waals surface area contributed by atoms with E-state index in [1.807, 2.05) is 6.07 Å². The van der Waals surface area contributed by atoms with Crippen LogP contribution in [0.2, 0.25) is 0 Å². The van der Waals surface area contributed by atoms with Crippen molar-refractivity contribution in [2.45, 2.75) is 110 Å². The summed E-state index contributed by atoms with van der Waals surface area (Å²) in [6.07, 6.45) is 13.0. The molecule has 0 heterocycles. The molecule has 0 saturated heterocycles. The molecule has 7 heteroatoms. The molecule has 42 heavy (non-hydrogen) atoms. The summed E-state index contributed by atoms with van der Waals surface area (Å²) in [5.74, 6) is 3.08. The van der Waals surface area contributed by atoms with E-state index in [9.17, 15) is 13.0 Å². The van der Waals surface area contributed by atoms with Crippen LogP contribution < -0.4 is 4.74 Å². The second-order valence-electron chi connectivity index (χ2n) is 13.2. The van der Waals surface area contributed by atoms with Crippen molar-refractivity contribution in [1.29, 1.82) is 0 Å². The summed E-state index contributed by atoms with van der Waals surface area (Å²) in [4.78, 5) is 0. The van der Waals surface area contributed by atoms with Gasteiger partial charge in [0.1, 0.15) is 12.4 Å². The maximum atomic E-state index is 11.7. The highest BCUT2D eigenvalue weighted by molar-refractivity contribution is 7.83. The summed E-state index contributed by atoms with van der Waals surface area (Å²) < 4.78 is 46.9. The van der Waals surface area contributed by atoms with Gasteiger partial charge in [-0.3, -0.25) is 4.55 Å². The van der Waals surface area contributed by atoms with Gasteiger partial charge in [-0.1, -0.05) is 63.1 Å². The molecule has 3 aliphatic rings. The first-order valence-electron chi connectivity index (χ1n) is 16.4. The number of aryl methyl sites for hydroxylation is 1. The number of nitrogens with zero attached hydrogens (tertiary/aromatic N) is 1. The van der Waals surface area contributed by atoms with Crippen LogP contribution in [0.5, 0.6) is 5.75 Å². The van der Waals surface area contributed by atoms with E-state index >= 15 is 0 Å². The van der Waals surface area contributed by atoms with Gasteiger partial charge in [0.2, 0.25) is 0 Å². The molecule has 5 atom stereocenters. The molecule has 2 aromatic rings. The number of benzene rings is 2. The maximum Gasteiger partial charge on any atom is 0.335 e. The molecule has 2 aromatic carbocycles. The van der Waals surface area contributed by atoms with Crippen LogP contribution >= 0.6 is 0 Å². The van der Waals surface area contributed by atoms with Crippen molar-refractivity contribution in [1.82, 2.24) is 4.31 Å². The van der Waals surface area contributed by atoms with Crippen molar-refractivity contribution in [2.24, 2.45) is 17.3 Å². The van der Waals surface area contributed by atoms with Gasteiger partial charge in [0.25, 0.3) is 0 Å². The number of hydrogen-bond donors (Lipinski definition) is 1. The van der Waals surface area contributed by atoms with Crippen LogP contribution in [-0.4, -0.2) is 43.1 Å². The first kappa shape index (κ1) is 31.5. The van der Waals surface area contributed by atoms with E-state index in [1.165, 1.54) is 41.1 Å². The van der Waals surface area contributed by atoms with E-state index in [-0.39, 0.29) is 5.41 Å². The second-order valence-corrected chi connectivity index (χ2v) is 14.6.